The molecule has 0 aliphatic heterocycles. The van der Waals surface area contributed by atoms with Crippen molar-refractivity contribution in [1.82, 2.24) is 5.32 Å². The highest BCUT2D eigenvalue weighted by Crippen LogP contribution is 2.35. The summed E-state index contributed by atoms with van der Waals surface area (Å²) in [6.07, 6.45) is 7.71. The van der Waals surface area contributed by atoms with Crippen LogP contribution >= 0.6 is 23.2 Å². The van der Waals surface area contributed by atoms with E-state index in [1.54, 1.807) is 0 Å². The number of halogens is 2. The second-order valence-corrected chi connectivity index (χ2v) is 6.43. The summed E-state index contributed by atoms with van der Waals surface area (Å²) in [4.78, 5) is 0. The monoisotopic (exact) mass is 299 g/mol. The quantitative estimate of drug-likeness (QED) is 0.776. The molecule has 2 rings (SSSR count). The van der Waals surface area contributed by atoms with Crippen LogP contribution in [-0.2, 0) is 6.42 Å². The Kier molecular flexibility index (Phi) is 6.00. The van der Waals surface area contributed by atoms with E-state index in [0.29, 0.717) is 5.92 Å². The molecule has 1 aliphatic rings. The van der Waals surface area contributed by atoms with Gasteiger partial charge in [-0.15, -0.1) is 0 Å². The van der Waals surface area contributed by atoms with Gasteiger partial charge in [0, 0.05) is 10.0 Å². The summed E-state index contributed by atoms with van der Waals surface area (Å²) in [5.41, 5.74) is 1.14. The summed E-state index contributed by atoms with van der Waals surface area (Å²) in [5.74, 6) is 1.45. The lowest BCUT2D eigenvalue weighted by Gasteiger charge is -2.25. The largest absolute Gasteiger partial charge is 0.319 e. The molecule has 0 heterocycles. The highest BCUT2D eigenvalue weighted by molar-refractivity contribution is 6.35. The Bertz CT molecular complexity index is 385. The number of rotatable bonds is 4. The van der Waals surface area contributed by atoms with Gasteiger partial charge in [0.2, 0.25) is 0 Å². The van der Waals surface area contributed by atoms with Crippen LogP contribution in [0.5, 0.6) is 0 Å². The summed E-state index contributed by atoms with van der Waals surface area (Å²) in [7, 11) is 2.05. The summed E-state index contributed by atoms with van der Waals surface area (Å²) in [6.45, 7) is 1.10. The Morgan fingerprint density at radius 1 is 1.05 bits per heavy atom. The molecule has 106 valence electrons. The molecule has 0 spiro atoms. The van der Waals surface area contributed by atoms with Gasteiger partial charge in [-0.1, -0.05) is 48.5 Å². The van der Waals surface area contributed by atoms with E-state index in [4.69, 9.17) is 23.2 Å². The second kappa shape index (κ2) is 7.52. The van der Waals surface area contributed by atoms with E-state index in [9.17, 15) is 0 Å². The molecule has 1 aliphatic carbocycles. The van der Waals surface area contributed by atoms with Crippen LogP contribution in [0.1, 0.15) is 37.7 Å². The third-order valence-electron chi connectivity index (χ3n) is 4.31. The van der Waals surface area contributed by atoms with Crippen LogP contribution in [0.3, 0.4) is 0 Å². The molecule has 2 atom stereocenters. The van der Waals surface area contributed by atoms with E-state index in [1.165, 1.54) is 32.1 Å². The molecule has 3 heteroatoms. The third kappa shape index (κ3) is 4.11. The fraction of sp³-hybridized carbons (Fsp3) is 0.625. The fourth-order valence-corrected chi connectivity index (χ4v) is 3.80. The van der Waals surface area contributed by atoms with Crippen molar-refractivity contribution in [3.63, 3.8) is 0 Å². The molecule has 19 heavy (non-hydrogen) atoms. The van der Waals surface area contributed by atoms with Gasteiger partial charge < -0.3 is 5.32 Å². The molecule has 0 radical (unpaired) electrons. The first-order valence-electron chi connectivity index (χ1n) is 7.30. The number of benzene rings is 1. The summed E-state index contributed by atoms with van der Waals surface area (Å²) in [6, 6.07) is 5.82. The van der Waals surface area contributed by atoms with Crippen LogP contribution in [0.4, 0.5) is 0 Å². The molecule has 0 bridgehead atoms. The summed E-state index contributed by atoms with van der Waals surface area (Å²) in [5, 5.41) is 4.98. The van der Waals surface area contributed by atoms with Crippen molar-refractivity contribution in [2.75, 3.05) is 13.6 Å². The molecule has 1 N–H and O–H groups in total. The van der Waals surface area contributed by atoms with E-state index in [1.807, 2.05) is 25.2 Å². The van der Waals surface area contributed by atoms with Crippen LogP contribution in [0, 0.1) is 11.8 Å². The van der Waals surface area contributed by atoms with Gasteiger partial charge in [0.1, 0.15) is 0 Å². The van der Waals surface area contributed by atoms with Gasteiger partial charge in [0.25, 0.3) is 0 Å². The zero-order chi connectivity index (χ0) is 13.7. The van der Waals surface area contributed by atoms with Crippen molar-refractivity contribution in [3.05, 3.63) is 33.8 Å². The Labute approximate surface area is 126 Å². The Morgan fingerprint density at radius 2 is 1.68 bits per heavy atom. The smallest absolute Gasteiger partial charge is 0.0452 e. The molecule has 1 aromatic carbocycles. The second-order valence-electron chi connectivity index (χ2n) is 5.62. The van der Waals surface area contributed by atoms with E-state index >= 15 is 0 Å². The molecule has 0 saturated heterocycles. The van der Waals surface area contributed by atoms with Crippen molar-refractivity contribution in [2.24, 2.45) is 11.8 Å². The SMILES string of the molecule is CNCC1CCCCCC1Cc1c(Cl)cccc1Cl. The molecule has 0 amide bonds. The lowest BCUT2D eigenvalue weighted by molar-refractivity contribution is 0.304. The van der Waals surface area contributed by atoms with Crippen molar-refractivity contribution < 1.29 is 0 Å². The van der Waals surface area contributed by atoms with Crippen LogP contribution in [-0.4, -0.2) is 13.6 Å². The Balaban J connectivity index is 2.13. The third-order valence-corrected chi connectivity index (χ3v) is 5.02. The fourth-order valence-electron chi connectivity index (χ4n) is 3.25. The molecule has 2 unspecified atom stereocenters. The van der Waals surface area contributed by atoms with E-state index in [0.717, 1.165) is 34.5 Å². The molecular weight excluding hydrogens is 277 g/mol. The number of hydrogen-bond acceptors (Lipinski definition) is 1. The van der Waals surface area contributed by atoms with E-state index in [2.05, 4.69) is 5.32 Å². The molecule has 1 fully saturated rings. The summed E-state index contributed by atoms with van der Waals surface area (Å²) < 4.78 is 0. The lowest BCUT2D eigenvalue weighted by Crippen LogP contribution is -2.26. The maximum Gasteiger partial charge on any atom is 0.0452 e. The predicted octanol–water partition coefficient (Wildman–Crippen LogP) is 4.95. The molecular formula is C16H23Cl2N. The standard InChI is InChI=1S/C16H23Cl2N/c1-19-11-13-7-4-2-3-6-12(13)10-14-15(17)8-5-9-16(14)18/h5,8-9,12-13,19H,2-4,6-7,10-11H2,1H3. The van der Waals surface area contributed by atoms with Crippen molar-refractivity contribution in [3.8, 4) is 0 Å². The minimum Gasteiger partial charge on any atom is -0.319 e. The molecule has 0 aromatic heterocycles. The Morgan fingerprint density at radius 3 is 2.32 bits per heavy atom. The predicted molar refractivity (Wildman–Crippen MR) is 84.2 cm³/mol. The summed E-state index contributed by atoms with van der Waals surface area (Å²) >= 11 is 12.6. The zero-order valence-corrected chi connectivity index (χ0v) is 13.1. The Hall–Kier alpha value is -0.240. The van der Waals surface area contributed by atoms with Crippen LogP contribution in [0.15, 0.2) is 18.2 Å². The minimum atomic E-state index is 0.701. The average molecular weight is 300 g/mol. The lowest BCUT2D eigenvalue weighted by atomic mass is 9.83. The highest BCUT2D eigenvalue weighted by Gasteiger charge is 2.24. The minimum absolute atomic E-state index is 0.701. The van der Waals surface area contributed by atoms with Gasteiger partial charge in [-0.2, -0.15) is 0 Å². The van der Waals surface area contributed by atoms with Crippen LogP contribution in [0.25, 0.3) is 0 Å². The van der Waals surface area contributed by atoms with Crippen molar-refractivity contribution in [1.29, 1.82) is 0 Å². The molecule has 1 aromatic rings. The van der Waals surface area contributed by atoms with Gasteiger partial charge in [-0.05, 0) is 62.4 Å². The van der Waals surface area contributed by atoms with Gasteiger partial charge in [0.05, 0.1) is 0 Å². The van der Waals surface area contributed by atoms with Crippen molar-refractivity contribution >= 4 is 23.2 Å². The first-order valence-corrected chi connectivity index (χ1v) is 8.05. The van der Waals surface area contributed by atoms with Crippen LogP contribution in [0.2, 0.25) is 10.0 Å². The van der Waals surface area contributed by atoms with Gasteiger partial charge >= 0.3 is 0 Å². The van der Waals surface area contributed by atoms with E-state index < -0.39 is 0 Å². The van der Waals surface area contributed by atoms with Crippen molar-refractivity contribution in [2.45, 2.75) is 38.5 Å². The maximum absolute atomic E-state index is 6.31. The first kappa shape index (κ1) is 15.2. The first-order chi connectivity index (χ1) is 9.22. The normalized spacial score (nSPS) is 24.2. The highest BCUT2D eigenvalue weighted by atomic mass is 35.5. The maximum atomic E-state index is 6.31. The zero-order valence-electron chi connectivity index (χ0n) is 11.6. The van der Waals surface area contributed by atoms with Gasteiger partial charge in [-0.3, -0.25) is 0 Å². The topological polar surface area (TPSA) is 12.0 Å². The molecule has 1 nitrogen and oxygen atoms in total. The van der Waals surface area contributed by atoms with Gasteiger partial charge in [-0.25, -0.2) is 0 Å². The average Bonchev–Trinajstić information content (AvgIpc) is 2.60. The van der Waals surface area contributed by atoms with Gasteiger partial charge in [0.15, 0.2) is 0 Å². The van der Waals surface area contributed by atoms with E-state index in [-0.39, 0.29) is 0 Å². The number of nitrogens with one attached hydrogen (secondary N) is 1. The molecule has 1 saturated carbocycles. The van der Waals surface area contributed by atoms with Crippen LogP contribution < -0.4 is 5.32 Å². The number of hydrogen-bond donors (Lipinski definition) is 1.